The van der Waals surface area contributed by atoms with Gasteiger partial charge in [0.2, 0.25) is 5.91 Å². The number of carbonyl (C=O) groups is 1. The van der Waals surface area contributed by atoms with Gasteiger partial charge in [0.25, 0.3) is 0 Å². The van der Waals surface area contributed by atoms with Crippen LogP contribution in [-0.4, -0.2) is 5.91 Å². The molecule has 0 aliphatic rings. The summed E-state index contributed by atoms with van der Waals surface area (Å²) in [5.41, 5.74) is 10.8. The Labute approximate surface area is 119 Å². The monoisotopic (exact) mass is 268 g/mol. The molecule has 0 bridgehead atoms. The zero-order valence-corrected chi connectivity index (χ0v) is 12.1. The van der Waals surface area contributed by atoms with E-state index in [1.807, 2.05) is 63.2 Å². The highest BCUT2D eigenvalue weighted by Gasteiger charge is 2.20. The lowest BCUT2D eigenvalue weighted by atomic mass is 9.96. The van der Waals surface area contributed by atoms with Gasteiger partial charge in [-0.25, -0.2) is 0 Å². The molecule has 0 aliphatic carbocycles. The Kier molecular flexibility index (Phi) is 4.08. The largest absolute Gasteiger partial charge is 0.370 e. The van der Waals surface area contributed by atoms with Gasteiger partial charge in [-0.05, 0) is 55.2 Å². The number of anilines is 1. The maximum atomic E-state index is 11.8. The minimum absolute atomic E-state index is 0.375. The van der Waals surface area contributed by atoms with Gasteiger partial charge in [-0.2, -0.15) is 0 Å². The Morgan fingerprint density at radius 3 is 2.45 bits per heavy atom. The molecule has 0 radical (unpaired) electrons. The predicted molar refractivity (Wildman–Crippen MR) is 82.7 cm³/mol. The Bertz CT molecular complexity index is 635. The van der Waals surface area contributed by atoms with Crippen LogP contribution in [0.4, 0.5) is 5.69 Å². The quantitative estimate of drug-likeness (QED) is 0.894. The van der Waals surface area contributed by atoms with Crippen molar-refractivity contribution in [2.75, 3.05) is 5.32 Å². The molecule has 2 aromatic rings. The average Bonchev–Trinajstić information content (AvgIpc) is 2.39. The molecule has 104 valence electrons. The van der Waals surface area contributed by atoms with Crippen molar-refractivity contribution in [1.82, 2.24) is 0 Å². The van der Waals surface area contributed by atoms with Crippen molar-refractivity contribution in [3.8, 4) is 0 Å². The van der Waals surface area contributed by atoms with Gasteiger partial charge in [0.05, 0.1) is 0 Å². The first kappa shape index (κ1) is 14.1. The number of primary amides is 1. The van der Waals surface area contributed by atoms with Gasteiger partial charge in [0, 0.05) is 5.69 Å². The Morgan fingerprint density at radius 2 is 1.80 bits per heavy atom. The van der Waals surface area contributed by atoms with Crippen LogP contribution in [0.5, 0.6) is 0 Å². The highest BCUT2D eigenvalue weighted by atomic mass is 16.1. The van der Waals surface area contributed by atoms with E-state index >= 15 is 0 Å². The molecular formula is C17H20N2O. The van der Waals surface area contributed by atoms with E-state index in [1.165, 1.54) is 0 Å². The standard InChI is InChI=1S/C17H20N2O/c1-11-6-4-8-14(10-11)19-16(17(18)20)15-9-5-7-12(2)13(15)3/h4-10,16,19H,1-3H3,(H2,18,20). The lowest BCUT2D eigenvalue weighted by Gasteiger charge is -2.20. The van der Waals surface area contributed by atoms with E-state index in [9.17, 15) is 4.79 Å². The molecule has 3 nitrogen and oxygen atoms in total. The van der Waals surface area contributed by atoms with E-state index in [2.05, 4.69) is 5.32 Å². The maximum Gasteiger partial charge on any atom is 0.244 e. The van der Waals surface area contributed by atoms with E-state index in [1.54, 1.807) is 0 Å². The second-order valence-electron chi connectivity index (χ2n) is 5.14. The summed E-state index contributed by atoms with van der Waals surface area (Å²) in [5.74, 6) is -0.375. The van der Waals surface area contributed by atoms with E-state index in [0.717, 1.165) is 27.9 Å². The van der Waals surface area contributed by atoms with Crippen molar-refractivity contribution < 1.29 is 4.79 Å². The first-order valence-electron chi connectivity index (χ1n) is 6.67. The fourth-order valence-electron chi connectivity index (χ4n) is 2.29. The molecule has 0 fully saturated rings. The van der Waals surface area contributed by atoms with Crippen molar-refractivity contribution in [3.63, 3.8) is 0 Å². The van der Waals surface area contributed by atoms with Crippen molar-refractivity contribution in [3.05, 3.63) is 64.7 Å². The molecule has 20 heavy (non-hydrogen) atoms. The van der Waals surface area contributed by atoms with Crippen molar-refractivity contribution in [2.45, 2.75) is 26.8 Å². The number of hydrogen-bond acceptors (Lipinski definition) is 2. The van der Waals surface area contributed by atoms with Crippen LogP contribution in [0.1, 0.15) is 28.3 Å². The summed E-state index contributed by atoms with van der Waals surface area (Å²) in [6, 6.07) is 13.3. The van der Waals surface area contributed by atoms with E-state index in [0.29, 0.717) is 0 Å². The summed E-state index contributed by atoms with van der Waals surface area (Å²) in [5, 5.41) is 3.23. The van der Waals surface area contributed by atoms with Gasteiger partial charge < -0.3 is 11.1 Å². The average molecular weight is 268 g/mol. The minimum atomic E-state index is -0.517. The topological polar surface area (TPSA) is 55.1 Å². The molecule has 3 N–H and O–H groups in total. The number of nitrogens with two attached hydrogens (primary N) is 1. The lowest BCUT2D eigenvalue weighted by molar-refractivity contribution is -0.118. The molecule has 0 aliphatic heterocycles. The van der Waals surface area contributed by atoms with Gasteiger partial charge in [-0.3, -0.25) is 4.79 Å². The second kappa shape index (κ2) is 5.78. The summed E-state index contributed by atoms with van der Waals surface area (Å²) in [4.78, 5) is 11.8. The third kappa shape index (κ3) is 2.99. The number of hydrogen-bond donors (Lipinski definition) is 2. The summed E-state index contributed by atoms with van der Waals surface area (Å²) in [6.45, 7) is 6.06. The highest BCUT2D eigenvalue weighted by Crippen LogP contribution is 2.24. The van der Waals surface area contributed by atoms with Crippen LogP contribution in [-0.2, 0) is 4.79 Å². The van der Waals surface area contributed by atoms with Gasteiger partial charge in [0.15, 0.2) is 0 Å². The molecule has 2 aromatic carbocycles. The van der Waals surface area contributed by atoms with Crippen LogP contribution in [0, 0.1) is 20.8 Å². The molecule has 1 amide bonds. The first-order chi connectivity index (χ1) is 9.49. The first-order valence-corrected chi connectivity index (χ1v) is 6.67. The van der Waals surface area contributed by atoms with Gasteiger partial charge in [0.1, 0.15) is 6.04 Å². The van der Waals surface area contributed by atoms with Crippen molar-refractivity contribution >= 4 is 11.6 Å². The number of aryl methyl sites for hydroxylation is 2. The molecule has 0 aromatic heterocycles. The zero-order chi connectivity index (χ0) is 14.7. The van der Waals surface area contributed by atoms with Crippen LogP contribution < -0.4 is 11.1 Å². The van der Waals surface area contributed by atoms with E-state index < -0.39 is 6.04 Å². The second-order valence-corrected chi connectivity index (χ2v) is 5.14. The molecule has 0 saturated heterocycles. The number of amides is 1. The zero-order valence-electron chi connectivity index (χ0n) is 12.1. The molecule has 0 spiro atoms. The number of benzene rings is 2. The fourth-order valence-corrected chi connectivity index (χ4v) is 2.29. The van der Waals surface area contributed by atoms with Crippen molar-refractivity contribution in [2.24, 2.45) is 5.73 Å². The number of rotatable bonds is 4. The van der Waals surface area contributed by atoms with Crippen LogP contribution in [0.3, 0.4) is 0 Å². The summed E-state index contributed by atoms with van der Waals surface area (Å²) >= 11 is 0. The summed E-state index contributed by atoms with van der Waals surface area (Å²) in [7, 11) is 0. The van der Waals surface area contributed by atoms with Crippen LogP contribution in [0.15, 0.2) is 42.5 Å². The SMILES string of the molecule is Cc1cccc(NC(C(N)=O)c2cccc(C)c2C)c1. The van der Waals surface area contributed by atoms with Crippen LogP contribution in [0.2, 0.25) is 0 Å². The van der Waals surface area contributed by atoms with Crippen LogP contribution >= 0.6 is 0 Å². The third-order valence-corrected chi connectivity index (χ3v) is 3.57. The van der Waals surface area contributed by atoms with E-state index in [-0.39, 0.29) is 5.91 Å². The Morgan fingerprint density at radius 1 is 1.10 bits per heavy atom. The van der Waals surface area contributed by atoms with Gasteiger partial charge in [-0.15, -0.1) is 0 Å². The highest BCUT2D eigenvalue weighted by molar-refractivity contribution is 5.85. The molecular weight excluding hydrogens is 248 g/mol. The van der Waals surface area contributed by atoms with Crippen molar-refractivity contribution in [1.29, 1.82) is 0 Å². The molecule has 1 atom stereocenters. The minimum Gasteiger partial charge on any atom is -0.370 e. The smallest absolute Gasteiger partial charge is 0.244 e. The van der Waals surface area contributed by atoms with Gasteiger partial charge >= 0.3 is 0 Å². The summed E-state index contributed by atoms with van der Waals surface area (Å²) in [6.07, 6.45) is 0. The lowest BCUT2D eigenvalue weighted by Crippen LogP contribution is -2.28. The number of nitrogens with one attached hydrogen (secondary N) is 1. The predicted octanol–water partition coefficient (Wildman–Crippen LogP) is 3.25. The Hall–Kier alpha value is -2.29. The normalized spacial score (nSPS) is 11.9. The summed E-state index contributed by atoms with van der Waals surface area (Å²) < 4.78 is 0. The molecule has 1 unspecified atom stereocenters. The van der Waals surface area contributed by atoms with Gasteiger partial charge in [-0.1, -0.05) is 30.3 Å². The third-order valence-electron chi connectivity index (χ3n) is 3.57. The van der Waals surface area contributed by atoms with Crippen LogP contribution in [0.25, 0.3) is 0 Å². The fraction of sp³-hybridized carbons (Fsp3) is 0.235. The Balaban J connectivity index is 2.37. The molecule has 3 heteroatoms. The molecule has 0 heterocycles. The number of carbonyl (C=O) groups excluding carboxylic acids is 1. The maximum absolute atomic E-state index is 11.8. The van der Waals surface area contributed by atoms with E-state index in [4.69, 9.17) is 5.73 Å². The molecule has 2 rings (SSSR count). The molecule has 0 saturated carbocycles.